The first-order chi connectivity index (χ1) is 13.2. The molecule has 2 saturated carbocycles. The summed E-state index contributed by atoms with van der Waals surface area (Å²) in [7, 11) is -1.00. The quantitative estimate of drug-likeness (QED) is 0.687. The number of pyridine rings is 1. The number of carbonyl (C=O) groups is 1. The van der Waals surface area contributed by atoms with E-state index in [9.17, 15) is 9.00 Å². The van der Waals surface area contributed by atoms with Gasteiger partial charge in [0.1, 0.15) is 11.0 Å². The SMILES string of the molecule is O=C(Nc1nc2cccc(-c3ccc(NS(=O)C4CC4)cc3)n2n1)C1CC1. The molecule has 1 atom stereocenters. The van der Waals surface area contributed by atoms with Crippen molar-refractivity contribution in [1.29, 1.82) is 0 Å². The van der Waals surface area contributed by atoms with Crippen molar-refractivity contribution in [3.05, 3.63) is 42.5 Å². The van der Waals surface area contributed by atoms with E-state index < -0.39 is 11.0 Å². The summed E-state index contributed by atoms with van der Waals surface area (Å²) in [6, 6.07) is 13.5. The van der Waals surface area contributed by atoms with Gasteiger partial charge in [-0.2, -0.15) is 4.98 Å². The van der Waals surface area contributed by atoms with Crippen molar-refractivity contribution in [3.63, 3.8) is 0 Å². The van der Waals surface area contributed by atoms with Crippen LogP contribution in [-0.4, -0.2) is 30.0 Å². The predicted molar refractivity (Wildman–Crippen MR) is 105 cm³/mol. The van der Waals surface area contributed by atoms with Crippen LogP contribution in [0.4, 0.5) is 11.6 Å². The fraction of sp³-hybridized carbons (Fsp3) is 0.316. The number of nitrogens with one attached hydrogen (secondary N) is 2. The number of amides is 1. The lowest BCUT2D eigenvalue weighted by molar-refractivity contribution is -0.117. The molecule has 0 spiro atoms. The summed E-state index contributed by atoms with van der Waals surface area (Å²) >= 11 is 0. The molecule has 138 valence electrons. The number of anilines is 2. The second kappa shape index (κ2) is 6.45. The van der Waals surface area contributed by atoms with Crippen LogP contribution in [0, 0.1) is 5.92 Å². The van der Waals surface area contributed by atoms with E-state index >= 15 is 0 Å². The Morgan fingerprint density at radius 2 is 1.85 bits per heavy atom. The minimum absolute atomic E-state index is 0.00783. The molecule has 3 aromatic rings. The van der Waals surface area contributed by atoms with Crippen molar-refractivity contribution in [2.24, 2.45) is 5.92 Å². The lowest BCUT2D eigenvalue weighted by Gasteiger charge is -2.07. The minimum atomic E-state index is -1.00. The van der Waals surface area contributed by atoms with E-state index in [1.165, 1.54) is 0 Å². The Kier molecular flexibility index (Phi) is 3.93. The van der Waals surface area contributed by atoms with Gasteiger partial charge in [-0.3, -0.25) is 10.1 Å². The third-order valence-electron chi connectivity index (χ3n) is 4.77. The average molecular weight is 381 g/mol. The van der Waals surface area contributed by atoms with Gasteiger partial charge < -0.3 is 4.72 Å². The van der Waals surface area contributed by atoms with Crippen LogP contribution in [0.3, 0.4) is 0 Å². The summed E-state index contributed by atoms with van der Waals surface area (Å²) in [5.41, 5.74) is 3.36. The second-order valence-electron chi connectivity index (χ2n) is 7.06. The van der Waals surface area contributed by atoms with Crippen LogP contribution in [-0.2, 0) is 15.8 Å². The van der Waals surface area contributed by atoms with Gasteiger partial charge in [0.2, 0.25) is 11.9 Å². The lowest BCUT2D eigenvalue weighted by Crippen LogP contribution is -2.14. The van der Waals surface area contributed by atoms with Crippen LogP contribution < -0.4 is 10.0 Å². The molecule has 1 amide bonds. The van der Waals surface area contributed by atoms with E-state index in [1.54, 1.807) is 4.52 Å². The maximum absolute atomic E-state index is 12.0. The third kappa shape index (κ3) is 3.44. The van der Waals surface area contributed by atoms with Crippen molar-refractivity contribution in [2.45, 2.75) is 30.9 Å². The number of fused-ring (bicyclic) bond motifs is 1. The highest BCUT2D eigenvalue weighted by Crippen LogP contribution is 2.30. The number of hydrogen-bond donors (Lipinski definition) is 2. The third-order valence-corrected chi connectivity index (χ3v) is 6.28. The molecule has 2 aromatic heterocycles. The Morgan fingerprint density at radius 1 is 1.07 bits per heavy atom. The topological polar surface area (TPSA) is 88.4 Å². The molecular weight excluding hydrogens is 362 g/mol. The van der Waals surface area contributed by atoms with Crippen LogP contribution in [0.1, 0.15) is 25.7 Å². The lowest BCUT2D eigenvalue weighted by atomic mass is 10.1. The number of benzene rings is 1. The largest absolute Gasteiger partial charge is 0.305 e. The highest BCUT2D eigenvalue weighted by molar-refractivity contribution is 7.87. The molecule has 0 aliphatic heterocycles. The smallest absolute Gasteiger partial charge is 0.249 e. The second-order valence-corrected chi connectivity index (χ2v) is 8.52. The van der Waals surface area contributed by atoms with Crippen molar-refractivity contribution in [1.82, 2.24) is 14.6 Å². The highest BCUT2D eigenvalue weighted by Gasteiger charge is 2.30. The van der Waals surface area contributed by atoms with Gasteiger partial charge in [0.25, 0.3) is 0 Å². The van der Waals surface area contributed by atoms with Gasteiger partial charge >= 0.3 is 0 Å². The van der Waals surface area contributed by atoms with Gasteiger partial charge in [0.15, 0.2) is 5.65 Å². The maximum atomic E-state index is 12.0. The normalized spacial score (nSPS) is 17.6. The van der Waals surface area contributed by atoms with E-state index in [1.807, 2.05) is 42.5 Å². The summed E-state index contributed by atoms with van der Waals surface area (Å²) in [6.45, 7) is 0. The molecule has 2 heterocycles. The summed E-state index contributed by atoms with van der Waals surface area (Å²) in [4.78, 5) is 16.4. The van der Waals surface area contributed by atoms with Gasteiger partial charge in [0.05, 0.1) is 10.9 Å². The summed E-state index contributed by atoms with van der Waals surface area (Å²) in [5, 5.41) is 7.53. The average Bonchev–Trinajstić information content (AvgIpc) is 3.57. The summed E-state index contributed by atoms with van der Waals surface area (Å²) in [6.07, 6.45) is 3.95. The molecule has 0 saturated heterocycles. The van der Waals surface area contributed by atoms with Crippen LogP contribution in [0.5, 0.6) is 0 Å². The van der Waals surface area contributed by atoms with E-state index in [0.29, 0.717) is 11.6 Å². The molecule has 27 heavy (non-hydrogen) atoms. The fourth-order valence-electron chi connectivity index (χ4n) is 2.93. The van der Waals surface area contributed by atoms with Crippen LogP contribution in [0.2, 0.25) is 0 Å². The summed E-state index contributed by atoms with van der Waals surface area (Å²) in [5.74, 6) is 0.432. The number of aromatic nitrogens is 3. The predicted octanol–water partition coefficient (Wildman–Crippen LogP) is 2.98. The number of nitrogens with zero attached hydrogens (tertiary/aromatic N) is 3. The zero-order chi connectivity index (χ0) is 18.4. The number of rotatable bonds is 6. The zero-order valence-electron chi connectivity index (χ0n) is 14.6. The standard InChI is InChI=1S/C19H19N5O2S/c25-18(13-4-5-13)21-19-20-17-3-1-2-16(24(17)22-19)12-6-8-14(9-7-12)23-27(26)15-10-11-15/h1-3,6-9,13,15,23H,4-5,10-11H2,(H,21,22,25). The van der Waals surface area contributed by atoms with E-state index in [4.69, 9.17) is 0 Å². The monoisotopic (exact) mass is 381 g/mol. The first kappa shape index (κ1) is 16.4. The molecule has 1 aromatic carbocycles. The molecule has 1 unspecified atom stereocenters. The molecule has 0 bridgehead atoms. The van der Waals surface area contributed by atoms with Crippen LogP contribution >= 0.6 is 0 Å². The first-order valence-corrected chi connectivity index (χ1v) is 10.3. The highest BCUT2D eigenvalue weighted by atomic mass is 32.2. The van der Waals surface area contributed by atoms with Crippen molar-refractivity contribution >= 4 is 34.2 Å². The van der Waals surface area contributed by atoms with Gasteiger partial charge in [-0.1, -0.05) is 18.2 Å². The Morgan fingerprint density at radius 3 is 2.56 bits per heavy atom. The molecule has 2 aliphatic carbocycles. The van der Waals surface area contributed by atoms with Crippen LogP contribution in [0.15, 0.2) is 42.5 Å². The Bertz CT molecular complexity index is 1040. The Balaban J connectivity index is 1.40. The summed E-state index contributed by atoms with van der Waals surface area (Å²) < 4.78 is 16.8. The van der Waals surface area contributed by atoms with Crippen molar-refractivity contribution in [3.8, 4) is 11.3 Å². The molecule has 2 N–H and O–H groups in total. The molecular formula is C19H19N5O2S. The van der Waals surface area contributed by atoms with Gasteiger partial charge in [-0.25, -0.2) is 8.72 Å². The molecule has 7 nitrogen and oxygen atoms in total. The Labute approximate surface area is 158 Å². The van der Waals surface area contributed by atoms with Gasteiger partial charge in [-0.15, -0.1) is 5.10 Å². The number of carbonyl (C=O) groups excluding carboxylic acids is 1. The fourth-order valence-corrected chi connectivity index (χ4v) is 4.02. The zero-order valence-corrected chi connectivity index (χ0v) is 15.4. The van der Waals surface area contributed by atoms with Crippen molar-refractivity contribution in [2.75, 3.05) is 10.0 Å². The molecule has 8 heteroatoms. The van der Waals surface area contributed by atoms with Gasteiger partial charge in [0, 0.05) is 17.2 Å². The van der Waals surface area contributed by atoms with Crippen LogP contribution in [0.25, 0.3) is 16.9 Å². The maximum Gasteiger partial charge on any atom is 0.249 e. The first-order valence-electron chi connectivity index (χ1n) is 9.12. The van der Waals surface area contributed by atoms with E-state index in [2.05, 4.69) is 20.1 Å². The minimum Gasteiger partial charge on any atom is -0.305 e. The van der Waals surface area contributed by atoms with Crippen molar-refractivity contribution < 1.29 is 9.00 Å². The Hall–Kier alpha value is -2.74. The molecule has 2 aliphatic rings. The molecule has 5 rings (SSSR count). The molecule has 0 radical (unpaired) electrons. The number of hydrogen-bond acceptors (Lipinski definition) is 4. The molecule has 2 fully saturated rings. The van der Waals surface area contributed by atoms with E-state index in [-0.39, 0.29) is 17.1 Å². The van der Waals surface area contributed by atoms with Gasteiger partial charge in [-0.05, 0) is 49.9 Å². The van der Waals surface area contributed by atoms with E-state index in [0.717, 1.165) is 42.6 Å².